The van der Waals surface area contributed by atoms with E-state index in [2.05, 4.69) is 16.9 Å². The van der Waals surface area contributed by atoms with Crippen molar-refractivity contribution < 1.29 is 9.47 Å². The topological polar surface area (TPSA) is 34.6 Å². The first kappa shape index (κ1) is 12.1. The zero-order valence-electron chi connectivity index (χ0n) is 10.8. The summed E-state index contributed by atoms with van der Waals surface area (Å²) in [6.07, 6.45) is 6.00. The van der Waals surface area contributed by atoms with Gasteiger partial charge in [0.25, 0.3) is 0 Å². The van der Waals surface area contributed by atoms with Crippen molar-refractivity contribution in [2.75, 3.05) is 26.7 Å². The molecule has 0 bridgehead atoms. The predicted octanol–water partition coefficient (Wildman–Crippen LogP) is 1.46. The molecular formula is C14H20N2O2. The molecule has 1 spiro atoms. The van der Waals surface area contributed by atoms with E-state index >= 15 is 0 Å². The van der Waals surface area contributed by atoms with Crippen LogP contribution in [0, 0.1) is 0 Å². The number of hydrogen-bond acceptors (Lipinski definition) is 4. The number of hydrogen-bond donors (Lipinski definition) is 0. The van der Waals surface area contributed by atoms with Crippen LogP contribution in [0.15, 0.2) is 24.5 Å². The summed E-state index contributed by atoms with van der Waals surface area (Å²) in [6.45, 7) is 3.60. The summed E-state index contributed by atoms with van der Waals surface area (Å²) in [5, 5.41) is 0. The fourth-order valence-corrected chi connectivity index (χ4v) is 2.98. The van der Waals surface area contributed by atoms with Gasteiger partial charge in [0, 0.05) is 38.5 Å². The maximum Gasteiger partial charge on any atom is 0.0959 e. The van der Waals surface area contributed by atoms with E-state index in [1.54, 1.807) is 0 Å². The number of aromatic nitrogens is 1. The molecule has 2 fully saturated rings. The van der Waals surface area contributed by atoms with Crippen LogP contribution in [0.25, 0.3) is 0 Å². The Morgan fingerprint density at radius 3 is 2.94 bits per heavy atom. The molecule has 3 rings (SSSR count). The van der Waals surface area contributed by atoms with E-state index in [9.17, 15) is 0 Å². The van der Waals surface area contributed by atoms with Gasteiger partial charge in [-0.1, -0.05) is 0 Å². The molecule has 2 saturated heterocycles. The Morgan fingerprint density at radius 1 is 1.44 bits per heavy atom. The summed E-state index contributed by atoms with van der Waals surface area (Å²) < 4.78 is 11.9. The third kappa shape index (κ3) is 2.55. The predicted molar refractivity (Wildman–Crippen MR) is 68.2 cm³/mol. The van der Waals surface area contributed by atoms with E-state index in [1.165, 1.54) is 5.56 Å². The molecule has 1 atom stereocenters. The van der Waals surface area contributed by atoms with Crippen LogP contribution in [0.1, 0.15) is 18.4 Å². The van der Waals surface area contributed by atoms with Gasteiger partial charge in [-0.2, -0.15) is 0 Å². The molecule has 4 heteroatoms. The molecule has 1 aromatic heterocycles. The van der Waals surface area contributed by atoms with Gasteiger partial charge in [0.05, 0.1) is 18.3 Å². The zero-order chi connectivity index (χ0) is 12.4. The molecule has 4 nitrogen and oxygen atoms in total. The van der Waals surface area contributed by atoms with Crippen LogP contribution in [0.4, 0.5) is 0 Å². The first-order valence-corrected chi connectivity index (χ1v) is 6.59. The van der Waals surface area contributed by atoms with Crippen LogP contribution < -0.4 is 0 Å². The SMILES string of the molecule is CN1CC2(CC(OCc3ccncc3)CCO2)C1. The Hall–Kier alpha value is -0.970. The van der Waals surface area contributed by atoms with Gasteiger partial charge >= 0.3 is 0 Å². The van der Waals surface area contributed by atoms with E-state index in [0.29, 0.717) is 12.7 Å². The van der Waals surface area contributed by atoms with Crippen LogP contribution >= 0.6 is 0 Å². The zero-order valence-corrected chi connectivity index (χ0v) is 10.8. The summed E-state index contributed by atoms with van der Waals surface area (Å²) in [6, 6.07) is 4.01. The van der Waals surface area contributed by atoms with Crippen molar-refractivity contribution in [3.63, 3.8) is 0 Å². The first-order valence-electron chi connectivity index (χ1n) is 6.59. The highest BCUT2D eigenvalue weighted by molar-refractivity contribution is 5.08. The van der Waals surface area contributed by atoms with E-state index in [4.69, 9.17) is 9.47 Å². The second kappa shape index (κ2) is 4.96. The third-order valence-electron chi connectivity index (χ3n) is 3.80. The number of likely N-dealkylation sites (N-methyl/N-ethyl adjacent to an activating group) is 1. The maximum absolute atomic E-state index is 6.01. The molecule has 1 unspecified atom stereocenters. The average Bonchev–Trinajstić information content (AvgIpc) is 2.37. The summed E-state index contributed by atoms with van der Waals surface area (Å²) in [5.41, 5.74) is 1.27. The molecule has 2 aliphatic heterocycles. The van der Waals surface area contributed by atoms with Crippen molar-refractivity contribution in [3.05, 3.63) is 30.1 Å². The summed E-state index contributed by atoms with van der Waals surface area (Å²) >= 11 is 0. The largest absolute Gasteiger partial charge is 0.373 e. The van der Waals surface area contributed by atoms with Crippen molar-refractivity contribution in [1.82, 2.24) is 9.88 Å². The molecule has 18 heavy (non-hydrogen) atoms. The summed E-state index contributed by atoms with van der Waals surface area (Å²) in [4.78, 5) is 6.31. The highest BCUT2D eigenvalue weighted by Crippen LogP contribution is 2.34. The molecule has 1 aromatic rings. The van der Waals surface area contributed by atoms with E-state index in [0.717, 1.165) is 32.5 Å². The number of nitrogens with zero attached hydrogens (tertiary/aromatic N) is 2. The number of pyridine rings is 1. The fraction of sp³-hybridized carbons (Fsp3) is 0.643. The van der Waals surface area contributed by atoms with Crippen LogP contribution in [0.5, 0.6) is 0 Å². The highest BCUT2D eigenvalue weighted by atomic mass is 16.5. The van der Waals surface area contributed by atoms with Crippen LogP contribution in [0.2, 0.25) is 0 Å². The Balaban J connectivity index is 1.51. The number of rotatable bonds is 3. The van der Waals surface area contributed by atoms with Gasteiger partial charge in [-0.05, 0) is 31.2 Å². The van der Waals surface area contributed by atoms with E-state index < -0.39 is 0 Å². The first-order chi connectivity index (χ1) is 8.76. The van der Waals surface area contributed by atoms with E-state index in [-0.39, 0.29) is 5.60 Å². The summed E-state index contributed by atoms with van der Waals surface area (Å²) in [5.74, 6) is 0. The van der Waals surface area contributed by atoms with Gasteiger partial charge in [0.15, 0.2) is 0 Å². The lowest BCUT2D eigenvalue weighted by Crippen LogP contribution is -2.64. The third-order valence-corrected chi connectivity index (χ3v) is 3.80. The van der Waals surface area contributed by atoms with Crippen molar-refractivity contribution in [3.8, 4) is 0 Å². The maximum atomic E-state index is 6.01. The van der Waals surface area contributed by atoms with Gasteiger partial charge in [0.2, 0.25) is 0 Å². The van der Waals surface area contributed by atoms with Crippen LogP contribution in [-0.4, -0.2) is 48.3 Å². The second-order valence-electron chi connectivity index (χ2n) is 5.49. The van der Waals surface area contributed by atoms with Gasteiger partial charge < -0.3 is 14.4 Å². The molecular weight excluding hydrogens is 228 g/mol. The standard InChI is InChI=1S/C14H20N2O2/c1-16-10-14(11-16)8-13(4-7-18-14)17-9-12-2-5-15-6-3-12/h2-3,5-6,13H,4,7-11H2,1H3. The lowest BCUT2D eigenvalue weighted by Gasteiger charge is -2.51. The minimum atomic E-state index is 0.0793. The molecule has 0 radical (unpaired) electrons. The van der Waals surface area contributed by atoms with E-state index in [1.807, 2.05) is 24.5 Å². The Labute approximate surface area is 108 Å². The smallest absolute Gasteiger partial charge is 0.0959 e. The molecule has 2 aliphatic rings. The Bertz CT molecular complexity index is 385. The van der Waals surface area contributed by atoms with Crippen molar-refractivity contribution >= 4 is 0 Å². The Kier molecular flexibility index (Phi) is 3.33. The van der Waals surface area contributed by atoms with Crippen LogP contribution in [-0.2, 0) is 16.1 Å². The molecule has 0 N–H and O–H groups in total. The van der Waals surface area contributed by atoms with Crippen molar-refractivity contribution in [1.29, 1.82) is 0 Å². The van der Waals surface area contributed by atoms with Gasteiger partial charge in [-0.25, -0.2) is 0 Å². The van der Waals surface area contributed by atoms with Crippen molar-refractivity contribution in [2.45, 2.75) is 31.2 Å². The lowest BCUT2D eigenvalue weighted by molar-refractivity contribution is -0.193. The molecule has 3 heterocycles. The van der Waals surface area contributed by atoms with Crippen molar-refractivity contribution in [2.24, 2.45) is 0 Å². The van der Waals surface area contributed by atoms with Gasteiger partial charge in [-0.15, -0.1) is 0 Å². The lowest BCUT2D eigenvalue weighted by atomic mass is 9.85. The van der Waals surface area contributed by atoms with Gasteiger partial charge in [-0.3, -0.25) is 4.98 Å². The highest BCUT2D eigenvalue weighted by Gasteiger charge is 2.46. The molecule has 0 saturated carbocycles. The number of ether oxygens (including phenoxy) is 2. The summed E-state index contributed by atoms with van der Waals surface area (Å²) in [7, 11) is 2.13. The monoisotopic (exact) mass is 248 g/mol. The molecule has 98 valence electrons. The average molecular weight is 248 g/mol. The van der Waals surface area contributed by atoms with Crippen LogP contribution in [0.3, 0.4) is 0 Å². The quantitative estimate of drug-likeness (QED) is 0.811. The molecule has 0 amide bonds. The molecule has 0 aliphatic carbocycles. The minimum absolute atomic E-state index is 0.0793. The number of likely N-dealkylation sites (tertiary alicyclic amines) is 1. The fourth-order valence-electron chi connectivity index (χ4n) is 2.98. The Morgan fingerprint density at radius 2 is 2.22 bits per heavy atom. The molecule has 0 aromatic carbocycles. The minimum Gasteiger partial charge on any atom is -0.373 e. The van der Waals surface area contributed by atoms with Gasteiger partial charge in [0.1, 0.15) is 0 Å². The second-order valence-corrected chi connectivity index (χ2v) is 5.49. The normalized spacial score (nSPS) is 27.1.